The number of thiocarbonyl (C=S) groups is 1. The zero-order valence-corrected chi connectivity index (χ0v) is 10.6. The summed E-state index contributed by atoms with van der Waals surface area (Å²) in [6.45, 7) is 6.97. The number of sulfonamides is 1. The first kappa shape index (κ1) is 13.8. The maximum atomic E-state index is 11.5. The molecular formula is C8H18N2O2S2. The standard InChI is InChI=1S/C8H18N2O2S2/c1-6(2)5-14(11,12)10-8(3,4)7(9)13/h6,10H,5H2,1-4H3,(H2,9,13). The average molecular weight is 238 g/mol. The molecule has 0 aliphatic heterocycles. The van der Waals surface area contributed by atoms with Crippen molar-refractivity contribution in [2.45, 2.75) is 33.2 Å². The Kier molecular flexibility index (Phi) is 4.48. The van der Waals surface area contributed by atoms with Crippen LogP contribution in [0.5, 0.6) is 0 Å². The fraction of sp³-hybridized carbons (Fsp3) is 0.875. The molecule has 0 spiro atoms. The minimum absolute atomic E-state index is 0.0784. The Bertz CT molecular complexity index is 307. The third-order valence-electron chi connectivity index (χ3n) is 1.58. The van der Waals surface area contributed by atoms with Gasteiger partial charge >= 0.3 is 0 Å². The molecule has 0 atom stereocenters. The van der Waals surface area contributed by atoms with Gasteiger partial charge in [0, 0.05) is 0 Å². The normalized spacial score (nSPS) is 13.2. The minimum Gasteiger partial charge on any atom is -0.392 e. The number of hydrogen-bond acceptors (Lipinski definition) is 3. The highest BCUT2D eigenvalue weighted by Crippen LogP contribution is 2.07. The molecule has 0 heterocycles. The van der Waals surface area contributed by atoms with E-state index in [9.17, 15) is 8.42 Å². The molecule has 0 unspecified atom stereocenters. The lowest BCUT2D eigenvalue weighted by molar-refractivity contribution is 0.536. The van der Waals surface area contributed by atoms with E-state index in [1.54, 1.807) is 13.8 Å². The van der Waals surface area contributed by atoms with E-state index in [4.69, 9.17) is 18.0 Å². The van der Waals surface area contributed by atoms with E-state index in [1.165, 1.54) is 0 Å². The molecule has 0 aromatic carbocycles. The van der Waals surface area contributed by atoms with Crippen molar-refractivity contribution in [3.05, 3.63) is 0 Å². The lowest BCUT2D eigenvalue weighted by atomic mass is 10.1. The molecule has 0 aliphatic rings. The molecular weight excluding hydrogens is 220 g/mol. The lowest BCUT2D eigenvalue weighted by Gasteiger charge is -2.24. The molecule has 6 heteroatoms. The van der Waals surface area contributed by atoms with E-state index >= 15 is 0 Å². The van der Waals surface area contributed by atoms with Crippen molar-refractivity contribution in [1.82, 2.24) is 4.72 Å². The molecule has 0 saturated heterocycles. The number of rotatable bonds is 5. The van der Waals surface area contributed by atoms with E-state index in [0.29, 0.717) is 0 Å². The van der Waals surface area contributed by atoms with E-state index in [2.05, 4.69) is 4.72 Å². The molecule has 3 N–H and O–H groups in total. The Morgan fingerprint density at radius 3 is 2.21 bits per heavy atom. The Morgan fingerprint density at radius 1 is 1.50 bits per heavy atom. The number of nitrogens with one attached hydrogen (secondary N) is 1. The van der Waals surface area contributed by atoms with Gasteiger partial charge in [0.15, 0.2) is 0 Å². The quantitative estimate of drug-likeness (QED) is 0.689. The second-order valence-electron chi connectivity index (χ2n) is 4.27. The summed E-state index contributed by atoms with van der Waals surface area (Å²) in [4.78, 5) is 0.143. The van der Waals surface area contributed by atoms with Crippen molar-refractivity contribution < 1.29 is 8.42 Å². The van der Waals surface area contributed by atoms with Gasteiger partial charge in [0.2, 0.25) is 10.0 Å². The van der Waals surface area contributed by atoms with Gasteiger partial charge in [-0.3, -0.25) is 0 Å². The molecule has 0 fully saturated rings. The zero-order chi connectivity index (χ0) is 11.6. The summed E-state index contributed by atoms with van der Waals surface area (Å²) in [7, 11) is -3.30. The summed E-state index contributed by atoms with van der Waals surface area (Å²) in [6.07, 6.45) is 0. The first-order chi connectivity index (χ1) is 6.07. The molecule has 84 valence electrons. The fourth-order valence-electron chi connectivity index (χ4n) is 0.920. The summed E-state index contributed by atoms with van der Waals surface area (Å²) < 4.78 is 25.5. The van der Waals surface area contributed by atoms with Crippen molar-refractivity contribution in [3.63, 3.8) is 0 Å². The summed E-state index contributed by atoms with van der Waals surface area (Å²) in [5, 5.41) is 0. The van der Waals surface area contributed by atoms with Gasteiger partial charge in [-0.1, -0.05) is 26.1 Å². The van der Waals surface area contributed by atoms with Crippen LogP contribution in [0, 0.1) is 5.92 Å². The van der Waals surface area contributed by atoms with Crippen LogP contribution in [0.4, 0.5) is 0 Å². The predicted octanol–water partition coefficient (Wildman–Crippen LogP) is 0.626. The van der Waals surface area contributed by atoms with Crippen LogP contribution in [0.25, 0.3) is 0 Å². The fourth-order valence-corrected chi connectivity index (χ4v) is 2.88. The SMILES string of the molecule is CC(C)CS(=O)(=O)NC(C)(C)C(N)=S. The van der Waals surface area contributed by atoms with Crippen molar-refractivity contribution >= 4 is 27.2 Å². The summed E-state index contributed by atoms with van der Waals surface area (Å²) in [6, 6.07) is 0. The van der Waals surface area contributed by atoms with Crippen molar-refractivity contribution in [3.8, 4) is 0 Å². The van der Waals surface area contributed by atoms with Gasteiger partial charge in [0.1, 0.15) is 0 Å². The van der Waals surface area contributed by atoms with Crippen molar-refractivity contribution in [2.24, 2.45) is 11.7 Å². The van der Waals surface area contributed by atoms with Crippen LogP contribution in [0.15, 0.2) is 0 Å². The van der Waals surface area contributed by atoms with Crippen LogP contribution < -0.4 is 10.5 Å². The second-order valence-corrected chi connectivity index (χ2v) is 6.47. The van der Waals surface area contributed by atoms with Crippen LogP contribution >= 0.6 is 12.2 Å². The number of nitrogens with two attached hydrogens (primary N) is 1. The minimum atomic E-state index is -3.30. The highest BCUT2D eigenvalue weighted by atomic mass is 32.2. The molecule has 0 saturated carbocycles. The van der Waals surface area contributed by atoms with E-state index in [1.807, 2.05) is 13.8 Å². The molecule has 0 aromatic rings. The zero-order valence-electron chi connectivity index (χ0n) is 8.99. The molecule has 0 rings (SSSR count). The smallest absolute Gasteiger partial charge is 0.212 e. The third kappa shape index (κ3) is 4.88. The van der Waals surface area contributed by atoms with E-state index in [0.717, 1.165) is 0 Å². The summed E-state index contributed by atoms with van der Waals surface area (Å²) in [5.41, 5.74) is 4.55. The Hall–Kier alpha value is -0.200. The van der Waals surface area contributed by atoms with Crippen LogP contribution in [0.1, 0.15) is 27.7 Å². The monoisotopic (exact) mass is 238 g/mol. The van der Waals surface area contributed by atoms with Crippen LogP contribution in [0.2, 0.25) is 0 Å². The molecule has 0 radical (unpaired) electrons. The van der Waals surface area contributed by atoms with Gasteiger partial charge in [0.05, 0.1) is 16.3 Å². The third-order valence-corrected chi connectivity index (χ3v) is 4.02. The summed E-state index contributed by atoms with van der Waals surface area (Å²) >= 11 is 4.76. The molecule has 0 amide bonds. The van der Waals surface area contributed by atoms with Gasteiger partial charge < -0.3 is 5.73 Å². The number of hydrogen-bond donors (Lipinski definition) is 2. The van der Waals surface area contributed by atoms with Crippen molar-refractivity contribution in [1.29, 1.82) is 0 Å². The maximum absolute atomic E-state index is 11.5. The van der Waals surface area contributed by atoms with Gasteiger partial charge in [-0.2, -0.15) is 0 Å². The Labute approximate surface area is 91.3 Å². The van der Waals surface area contributed by atoms with E-state index < -0.39 is 15.6 Å². The topological polar surface area (TPSA) is 72.2 Å². The van der Waals surface area contributed by atoms with Crippen molar-refractivity contribution in [2.75, 3.05) is 5.75 Å². The first-order valence-electron chi connectivity index (χ1n) is 4.38. The van der Waals surface area contributed by atoms with Crippen LogP contribution in [0.3, 0.4) is 0 Å². The van der Waals surface area contributed by atoms with Crippen LogP contribution in [-0.2, 0) is 10.0 Å². The van der Waals surface area contributed by atoms with Crippen LogP contribution in [-0.4, -0.2) is 24.7 Å². The van der Waals surface area contributed by atoms with Gasteiger partial charge in [-0.05, 0) is 19.8 Å². The maximum Gasteiger partial charge on any atom is 0.212 e. The molecule has 4 nitrogen and oxygen atoms in total. The highest BCUT2D eigenvalue weighted by molar-refractivity contribution is 7.89. The van der Waals surface area contributed by atoms with Gasteiger partial charge in [-0.15, -0.1) is 0 Å². The highest BCUT2D eigenvalue weighted by Gasteiger charge is 2.27. The van der Waals surface area contributed by atoms with Gasteiger partial charge in [0.25, 0.3) is 0 Å². The largest absolute Gasteiger partial charge is 0.392 e. The molecule has 0 aromatic heterocycles. The molecule has 0 bridgehead atoms. The van der Waals surface area contributed by atoms with E-state index in [-0.39, 0.29) is 16.7 Å². The molecule has 14 heavy (non-hydrogen) atoms. The summed E-state index contributed by atoms with van der Waals surface area (Å²) in [5.74, 6) is 0.161. The lowest BCUT2D eigenvalue weighted by Crippen LogP contribution is -2.52. The predicted molar refractivity (Wildman–Crippen MR) is 62.6 cm³/mol. The van der Waals surface area contributed by atoms with Gasteiger partial charge in [-0.25, -0.2) is 13.1 Å². The Balaban J connectivity index is 4.60. The Morgan fingerprint density at radius 2 is 1.93 bits per heavy atom. The second kappa shape index (κ2) is 4.55. The molecule has 0 aliphatic carbocycles. The first-order valence-corrected chi connectivity index (χ1v) is 6.44. The average Bonchev–Trinajstić information content (AvgIpc) is 1.79.